The normalized spacial score (nSPS) is 22.0. The van der Waals surface area contributed by atoms with Crippen LogP contribution >= 0.6 is 0 Å². The second-order valence-electron chi connectivity index (χ2n) is 6.39. The van der Waals surface area contributed by atoms with Gasteiger partial charge in [-0.25, -0.2) is 0 Å². The highest BCUT2D eigenvalue weighted by Crippen LogP contribution is 2.19. The van der Waals surface area contributed by atoms with E-state index in [0.717, 1.165) is 0 Å². The summed E-state index contributed by atoms with van der Waals surface area (Å²) >= 11 is 0. The molecule has 1 aliphatic heterocycles. The van der Waals surface area contributed by atoms with Crippen molar-refractivity contribution in [1.29, 1.82) is 0 Å². The van der Waals surface area contributed by atoms with Gasteiger partial charge in [-0.05, 0) is 27.2 Å². The average Bonchev–Trinajstić information content (AvgIpc) is 2.62. The lowest BCUT2D eigenvalue weighted by atomic mass is 10.1. The first-order valence-corrected chi connectivity index (χ1v) is 9.61. The van der Waals surface area contributed by atoms with Crippen molar-refractivity contribution < 1.29 is 38.4 Å². The summed E-state index contributed by atoms with van der Waals surface area (Å²) in [4.78, 5) is 36.8. The van der Waals surface area contributed by atoms with E-state index in [1.807, 2.05) is 0 Å². The van der Waals surface area contributed by atoms with E-state index >= 15 is 0 Å². The monoisotopic (exact) mass is 404 g/mol. The van der Waals surface area contributed by atoms with Gasteiger partial charge in [-0.2, -0.15) is 0 Å². The van der Waals surface area contributed by atoms with Crippen LogP contribution in [-0.2, 0) is 33.3 Å². The van der Waals surface area contributed by atoms with E-state index in [0.29, 0.717) is 12.8 Å². The molecule has 0 saturated carbocycles. The van der Waals surface area contributed by atoms with Gasteiger partial charge in [0, 0.05) is 13.0 Å². The van der Waals surface area contributed by atoms with Gasteiger partial charge in [-0.1, -0.05) is 0 Å². The van der Waals surface area contributed by atoms with Crippen LogP contribution in [0, 0.1) is 0 Å². The third kappa shape index (κ3) is 9.98. The lowest BCUT2D eigenvalue weighted by molar-refractivity contribution is -0.216. The Morgan fingerprint density at radius 3 is 2.21 bits per heavy atom. The topological polar surface area (TPSA) is 124 Å². The SMILES string of the molecule is CCOC(=O)CN(CC(=O)NCCOC1CCC(O)[C@H](C)O1)CC(=O)OCC. The molecule has 1 rings (SSSR count). The fourth-order valence-electron chi connectivity index (χ4n) is 2.65. The molecule has 0 aromatic rings. The fraction of sp³-hybridized carbons (Fsp3) is 0.833. The lowest BCUT2D eigenvalue weighted by Gasteiger charge is -2.31. The Labute approximate surface area is 165 Å². The van der Waals surface area contributed by atoms with Crippen LogP contribution in [0.2, 0.25) is 0 Å². The summed E-state index contributed by atoms with van der Waals surface area (Å²) in [5, 5.41) is 12.3. The summed E-state index contributed by atoms with van der Waals surface area (Å²) in [6.07, 6.45) is 0.0256. The average molecular weight is 404 g/mol. The molecule has 2 N–H and O–H groups in total. The molecule has 1 amide bonds. The minimum absolute atomic E-state index is 0.152. The Bertz CT molecular complexity index is 482. The number of hydrogen-bond acceptors (Lipinski definition) is 9. The molecule has 1 saturated heterocycles. The van der Waals surface area contributed by atoms with Crippen molar-refractivity contribution in [2.24, 2.45) is 0 Å². The van der Waals surface area contributed by atoms with Crippen LogP contribution in [0.5, 0.6) is 0 Å². The molecule has 0 radical (unpaired) electrons. The minimum atomic E-state index is -0.520. The van der Waals surface area contributed by atoms with Gasteiger partial charge in [0.2, 0.25) is 5.91 Å². The second-order valence-corrected chi connectivity index (χ2v) is 6.39. The molecule has 1 aliphatic rings. The van der Waals surface area contributed by atoms with E-state index in [9.17, 15) is 19.5 Å². The maximum absolute atomic E-state index is 12.1. The molecular weight excluding hydrogens is 372 g/mol. The van der Waals surface area contributed by atoms with Gasteiger partial charge in [-0.15, -0.1) is 0 Å². The van der Waals surface area contributed by atoms with Crippen LogP contribution in [0.25, 0.3) is 0 Å². The zero-order valence-electron chi connectivity index (χ0n) is 16.8. The van der Waals surface area contributed by atoms with Crippen molar-refractivity contribution in [3.8, 4) is 0 Å². The molecular formula is C18H32N2O8. The first-order chi connectivity index (χ1) is 13.3. The van der Waals surface area contributed by atoms with Gasteiger partial charge in [0.15, 0.2) is 6.29 Å². The van der Waals surface area contributed by atoms with Crippen molar-refractivity contribution in [1.82, 2.24) is 10.2 Å². The molecule has 0 aromatic heterocycles. The maximum atomic E-state index is 12.1. The van der Waals surface area contributed by atoms with Gasteiger partial charge in [-0.3, -0.25) is 19.3 Å². The Hall–Kier alpha value is -1.75. The number of nitrogens with zero attached hydrogens (tertiary/aromatic N) is 1. The molecule has 0 aliphatic carbocycles. The number of aliphatic hydroxyl groups is 1. The Morgan fingerprint density at radius 1 is 1.07 bits per heavy atom. The number of aliphatic hydroxyl groups excluding tert-OH is 1. The number of hydrogen-bond donors (Lipinski definition) is 2. The molecule has 0 spiro atoms. The highest BCUT2D eigenvalue weighted by atomic mass is 16.7. The molecule has 1 heterocycles. The number of nitrogens with one attached hydrogen (secondary N) is 1. The maximum Gasteiger partial charge on any atom is 0.320 e. The first kappa shape index (κ1) is 24.3. The zero-order valence-corrected chi connectivity index (χ0v) is 16.8. The van der Waals surface area contributed by atoms with Crippen molar-refractivity contribution in [2.75, 3.05) is 46.0 Å². The lowest BCUT2D eigenvalue weighted by Crippen LogP contribution is -2.44. The third-order valence-corrected chi connectivity index (χ3v) is 4.02. The smallest absolute Gasteiger partial charge is 0.320 e. The molecule has 162 valence electrons. The van der Waals surface area contributed by atoms with E-state index in [1.54, 1.807) is 20.8 Å². The molecule has 0 aromatic carbocycles. The number of rotatable bonds is 12. The molecule has 10 nitrogen and oxygen atoms in total. The molecule has 0 bridgehead atoms. The van der Waals surface area contributed by atoms with Crippen LogP contribution in [0.4, 0.5) is 0 Å². The quantitative estimate of drug-likeness (QED) is 0.325. The van der Waals surface area contributed by atoms with Gasteiger partial charge in [0.1, 0.15) is 0 Å². The largest absolute Gasteiger partial charge is 0.465 e. The standard InChI is InChI=1S/C18H32N2O8/c1-4-25-16(23)11-20(12-17(24)26-5-2)10-15(22)19-8-9-27-18-7-6-14(21)13(3)28-18/h13-14,18,21H,4-12H2,1-3H3,(H,19,22)/t13-,14?,18?/m0/s1. The predicted octanol–water partition coefficient (Wildman–Crippen LogP) is -0.567. The van der Waals surface area contributed by atoms with Gasteiger partial charge < -0.3 is 29.4 Å². The van der Waals surface area contributed by atoms with E-state index in [4.69, 9.17) is 18.9 Å². The Kier molecular flexibility index (Phi) is 11.7. The van der Waals surface area contributed by atoms with Crippen molar-refractivity contribution in [3.05, 3.63) is 0 Å². The highest BCUT2D eigenvalue weighted by Gasteiger charge is 2.26. The summed E-state index contributed by atoms with van der Waals surface area (Å²) in [5.74, 6) is -1.40. The van der Waals surface area contributed by atoms with E-state index in [1.165, 1.54) is 4.90 Å². The molecule has 10 heteroatoms. The molecule has 2 unspecified atom stereocenters. The molecule has 28 heavy (non-hydrogen) atoms. The third-order valence-electron chi connectivity index (χ3n) is 4.02. The van der Waals surface area contributed by atoms with Crippen LogP contribution in [0.1, 0.15) is 33.6 Å². The van der Waals surface area contributed by atoms with Gasteiger partial charge in [0.25, 0.3) is 0 Å². The predicted molar refractivity (Wildman–Crippen MR) is 98.2 cm³/mol. The number of amides is 1. The number of ether oxygens (including phenoxy) is 4. The Balaban J connectivity index is 2.34. The van der Waals surface area contributed by atoms with Crippen molar-refractivity contribution >= 4 is 17.8 Å². The zero-order chi connectivity index (χ0) is 20.9. The van der Waals surface area contributed by atoms with E-state index in [2.05, 4.69) is 5.32 Å². The summed E-state index contributed by atoms with van der Waals surface area (Å²) in [7, 11) is 0. The highest BCUT2D eigenvalue weighted by molar-refractivity contribution is 5.81. The molecule has 1 fully saturated rings. The first-order valence-electron chi connectivity index (χ1n) is 9.61. The molecule has 3 atom stereocenters. The summed E-state index contributed by atoms with van der Waals surface area (Å²) in [6.45, 7) is 5.54. The number of esters is 2. The van der Waals surface area contributed by atoms with Crippen LogP contribution < -0.4 is 5.32 Å². The van der Waals surface area contributed by atoms with Gasteiger partial charge >= 0.3 is 11.9 Å². The van der Waals surface area contributed by atoms with E-state index < -0.39 is 24.3 Å². The van der Waals surface area contributed by atoms with Crippen molar-refractivity contribution in [3.63, 3.8) is 0 Å². The fourth-order valence-corrected chi connectivity index (χ4v) is 2.65. The van der Waals surface area contributed by atoms with E-state index in [-0.39, 0.29) is 58.0 Å². The second kappa shape index (κ2) is 13.4. The number of carbonyl (C=O) groups excluding carboxylic acids is 3. The number of carbonyl (C=O) groups is 3. The van der Waals surface area contributed by atoms with Crippen molar-refractivity contribution in [2.45, 2.75) is 52.1 Å². The minimum Gasteiger partial charge on any atom is -0.465 e. The summed E-state index contributed by atoms with van der Waals surface area (Å²) in [5.41, 5.74) is 0. The summed E-state index contributed by atoms with van der Waals surface area (Å²) < 4.78 is 20.8. The van der Waals surface area contributed by atoms with Crippen LogP contribution in [0.3, 0.4) is 0 Å². The van der Waals surface area contributed by atoms with Crippen LogP contribution in [-0.4, -0.2) is 92.3 Å². The summed E-state index contributed by atoms with van der Waals surface area (Å²) in [6, 6.07) is 0. The van der Waals surface area contributed by atoms with Gasteiger partial charge in [0.05, 0.1) is 51.7 Å². The Morgan fingerprint density at radius 2 is 1.68 bits per heavy atom. The van der Waals surface area contributed by atoms with Crippen LogP contribution in [0.15, 0.2) is 0 Å².